The fourth-order valence-electron chi connectivity index (χ4n) is 28.9. The molecule has 11 heteroatoms. The van der Waals surface area contributed by atoms with E-state index >= 15 is 0 Å². The van der Waals surface area contributed by atoms with Gasteiger partial charge in [-0.1, -0.05) is 101 Å². The Morgan fingerprint density at radius 3 is 0.869 bits per heavy atom. The smallest absolute Gasteiger partial charge is 0.0833 e. The van der Waals surface area contributed by atoms with Gasteiger partial charge in [0.1, 0.15) is 0 Å². The minimum atomic E-state index is -0.416. The maximum Gasteiger partial charge on any atom is 0.0833 e. The predicted molar refractivity (Wildman–Crippen MR) is 401 cm³/mol. The number of aliphatic hydroxyl groups excluding tert-OH is 3. The molecule has 3 aromatic heterocycles. The van der Waals surface area contributed by atoms with Crippen molar-refractivity contribution in [1.29, 1.82) is 0 Å². The number of aliphatic hydroxyl groups is 6. The Balaban J connectivity index is 0.000000138. The van der Waals surface area contributed by atoms with Gasteiger partial charge in [-0.25, -0.2) is 0 Å². The second-order valence-electron chi connectivity index (χ2n) is 38.4. The first-order valence-corrected chi connectivity index (χ1v) is 42.2. The molecule has 1 unspecified atom stereocenters. The number of fused-ring (bicyclic) bond motifs is 15. The van der Waals surface area contributed by atoms with Crippen molar-refractivity contribution in [2.75, 3.05) is 6.26 Å². The van der Waals surface area contributed by atoms with E-state index in [1.807, 2.05) is 55.0 Å². The molecule has 0 spiro atoms. The number of hydrogen-bond acceptors (Lipinski definition) is 10. The standard InChI is InChI=1S/3C29H45NO2.CH3FS/c3*1-5-29(32)15-14-27(3)21(17-29)8-9-22-24-11-10-23(28(24,4)13-12-25(22)27)19(2)26(31)20-7-6-16-30-18-20;1-3-2/h3*6-7,16,18-19,21-26,31-32H,5,8-15,17H2,1-4H3;1H3/t19-,21-,22-,23+,24-,25-,26?,27-,28+,29-;19-,21-,22-,23+,24-,25-,26+,27-,28+,29-;19-,21-,22-,23+,24-,25-,26-,27-,28+,29-;/m000./s1. The van der Waals surface area contributed by atoms with E-state index < -0.39 is 35.1 Å². The summed E-state index contributed by atoms with van der Waals surface area (Å²) in [5.41, 5.74) is 4.02. The molecule has 0 aromatic carbocycles. The van der Waals surface area contributed by atoms with Gasteiger partial charge in [-0.15, -0.1) is 0 Å². The molecule has 9 nitrogen and oxygen atoms in total. The third-order valence-electron chi connectivity index (χ3n) is 35.1. The Kier molecular flexibility index (Phi) is 22.8. The summed E-state index contributed by atoms with van der Waals surface area (Å²) in [7, 11) is 0. The highest BCUT2D eigenvalue weighted by Gasteiger charge is 2.66. The minimum absolute atomic E-state index is 0.250. The Hall–Kier alpha value is -2.51. The first kappa shape index (κ1) is 76.1. The van der Waals surface area contributed by atoms with Gasteiger partial charge in [0, 0.05) is 55.6 Å². The van der Waals surface area contributed by atoms with Crippen molar-refractivity contribution >= 4 is 12.1 Å². The third-order valence-corrected chi connectivity index (χ3v) is 35.1. The number of rotatable bonds is 12. The van der Waals surface area contributed by atoms with Gasteiger partial charge in [-0.05, 0) is 367 Å². The molecule has 6 N–H and O–H groups in total. The first-order valence-electron chi connectivity index (χ1n) is 41.1. The summed E-state index contributed by atoms with van der Waals surface area (Å²) in [6, 6.07) is 11.9. The molecular formula is C88H138FN3O6S. The van der Waals surface area contributed by atoms with Crippen LogP contribution >= 0.6 is 12.1 Å². The monoisotopic (exact) mass is 1380 g/mol. The fourth-order valence-corrected chi connectivity index (χ4v) is 28.9. The third kappa shape index (κ3) is 13.7. The van der Waals surface area contributed by atoms with Crippen LogP contribution in [0.4, 0.5) is 3.89 Å². The molecule has 12 saturated carbocycles. The van der Waals surface area contributed by atoms with Crippen molar-refractivity contribution in [3.05, 3.63) is 90.3 Å². The number of halogens is 1. The SMILES string of the molecule is CC[C@]1(O)CC[C@@]2(C)[C@@H](CC[C@@H]3[C@@H]2CC[C@]2(C)[C@@H]([C@H](C)C(O)c4cccnc4)CC[C@@H]32)C1.CC[C@]1(O)CC[C@@]2(C)[C@@H](CC[C@@H]3[C@@H]2CC[C@]2(C)[C@@H]([C@H](C)[C@@H](O)c4cccnc4)CC[C@@H]32)C1.CC[C@]1(O)CC[C@@]2(C)[C@@H](CC[C@@H]3[C@@H]2CC[C@]2(C)[C@@H]([C@H](C)[C@H](O)c4cccnc4)CC[C@@H]32)C1.CSF. The Morgan fingerprint density at radius 2 is 0.636 bits per heavy atom. The number of hydrogen-bond donors (Lipinski definition) is 6. The average molecular weight is 1390 g/mol. The highest BCUT2D eigenvalue weighted by Crippen LogP contribution is 2.73. The molecule has 0 bridgehead atoms. The topological polar surface area (TPSA) is 160 Å². The maximum absolute atomic E-state index is 11.2. The second kappa shape index (κ2) is 29.7. The second-order valence-corrected chi connectivity index (χ2v) is 38.7. The minimum Gasteiger partial charge on any atom is -0.390 e. The lowest BCUT2D eigenvalue weighted by atomic mass is 9.43. The average Bonchev–Trinajstić information content (AvgIpc) is 1.68. The van der Waals surface area contributed by atoms with Gasteiger partial charge in [0.25, 0.3) is 0 Å². The molecule has 3 aromatic rings. The zero-order chi connectivity index (χ0) is 70.9. The summed E-state index contributed by atoms with van der Waals surface area (Å²) in [6.45, 7) is 28.8. The van der Waals surface area contributed by atoms with Crippen LogP contribution in [0, 0.1) is 139 Å². The van der Waals surface area contributed by atoms with Gasteiger partial charge < -0.3 is 30.6 Å². The first-order chi connectivity index (χ1) is 47.1. The van der Waals surface area contributed by atoms with Crippen LogP contribution in [0.15, 0.2) is 73.6 Å². The number of aromatic nitrogens is 3. The van der Waals surface area contributed by atoms with Gasteiger partial charge in [0.05, 0.1) is 35.1 Å². The van der Waals surface area contributed by atoms with E-state index in [1.165, 1.54) is 141 Å². The van der Waals surface area contributed by atoms with E-state index in [2.05, 4.69) is 98.0 Å². The Morgan fingerprint density at radius 1 is 0.384 bits per heavy atom. The Bertz CT molecular complexity index is 2790. The highest BCUT2D eigenvalue weighted by molar-refractivity contribution is 7.93. The largest absolute Gasteiger partial charge is 0.390 e. The van der Waals surface area contributed by atoms with Gasteiger partial charge in [0.15, 0.2) is 0 Å². The van der Waals surface area contributed by atoms with Crippen molar-refractivity contribution < 1.29 is 34.5 Å². The van der Waals surface area contributed by atoms with E-state index in [0.717, 1.165) is 128 Å². The van der Waals surface area contributed by atoms with Crippen LogP contribution in [0.25, 0.3) is 0 Å². The van der Waals surface area contributed by atoms with Gasteiger partial charge in [-0.3, -0.25) is 15.0 Å². The summed E-state index contributed by atoms with van der Waals surface area (Å²) < 4.78 is 10.2. The lowest BCUT2D eigenvalue weighted by molar-refractivity contribution is -0.154. The lowest BCUT2D eigenvalue weighted by Gasteiger charge is -2.62. The van der Waals surface area contributed by atoms with Crippen molar-refractivity contribution in [3.63, 3.8) is 0 Å². The van der Waals surface area contributed by atoms with Crippen LogP contribution in [-0.2, 0) is 0 Å². The Labute approximate surface area is 604 Å². The van der Waals surface area contributed by atoms with E-state index in [0.29, 0.717) is 68.0 Å². The van der Waals surface area contributed by atoms with Crippen LogP contribution in [0.5, 0.6) is 0 Å². The normalized spacial score (nSPS) is 46.5. The molecule has 12 aliphatic rings. The van der Waals surface area contributed by atoms with Gasteiger partial charge in [-0.2, -0.15) is 3.89 Å². The molecule has 12 fully saturated rings. The quantitative estimate of drug-likeness (QED) is 0.103. The van der Waals surface area contributed by atoms with Crippen LogP contribution in [0.1, 0.15) is 311 Å². The molecule has 0 radical (unpaired) electrons. The van der Waals surface area contributed by atoms with Crippen molar-refractivity contribution in [2.24, 2.45) is 139 Å². The fraction of sp³-hybridized carbons (Fsp3) is 0.830. The van der Waals surface area contributed by atoms with E-state index in [-0.39, 0.29) is 29.9 Å². The molecule has 3 heterocycles. The number of pyridine rings is 3. The molecule has 0 amide bonds. The summed E-state index contributed by atoms with van der Waals surface area (Å²) >= 11 is 0.250. The molecule has 15 rings (SSSR count). The van der Waals surface area contributed by atoms with Crippen molar-refractivity contribution in [1.82, 2.24) is 15.0 Å². The zero-order valence-electron chi connectivity index (χ0n) is 64.1. The molecular weight excluding hydrogens is 1250 g/mol. The summed E-state index contributed by atoms with van der Waals surface area (Å²) in [6.07, 6.45) is 47.3. The van der Waals surface area contributed by atoms with Crippen LogP contribution in [0.3, 0.4) is 0 Å². The summed E-state index contributed by atoms with van der Waals surface area (Å²) in [5.74, 6) is 12.1. The van der Waals surface area contributed by atoms with Gasteiger partial charge in [0.2, 0.25) is 0 Å². The van der Waals surface area contributed by atoms with Gasteiger partial charge >= 0.3 is 0 Å². The lowest BCUT2D eigenvalue weighted by Crippen LogP contribution is -2.56. The zero-order valence-corrected chi connectivity index (χ0v) is 64.9. The molecule has 12 aliphatic carbocycles. The van der Waals surface area contributed by atoms with Crippen LogP contribution in [-0.4, -0.2) is 68.7 Å². The van der Waals surface area contributed by atoms with E-state index in [1.54, 1.807) is 18.6 Å². The molecule has 30 atom stereocenters. The van der Waals surface area contributed by atoms with Crippen molar-refractivity contribution in [2.45, 2.75) is 311 Å². The van der Waals surface area contributed by atoms with E-state index in [4.69, 9.17) is 0 Å². The predicted octanol–water partition coefficient (Wildman–Crippen LogP) is 20.9. The molecule has 0 aliphatic heterocycles. The van der Waals surface area contributed by atoms with Crippen LogP contribution in [0.2, 0.25) is 0 Å². The van der Waals surface area contributed by atoms with Crippen LogP contribution < -0.4 is 0 Å². The maximum atomic E-state index is 11.2. The summed E-state index contributed by atoms with van der Waals surface area (Å²) in [5, 5.41) is 66.7. The summed E-state index contributed by atoms with van der Waals surface area (Å²) in [4.78, 5) is 12.8. The molecule has 99 heavy (non-hydrogen) atoms. The number of nitrogens with zero attached hydrogens (tertiary/aromatic N) is 3. The van der Waals surface area contributed by atoms with Crippen molar-refractivity contribution in [3.8, 4) is 0 Å². The molecule has 554 valence electrons. The highest BCUT2D eigenvalue weighted by atomic mass is 32.2. The van der Waals surface area contributed by atoms with E-state index in [9.17, 15) is 34.5 Å². The molecule has 0 saturated heterocycles.